The highest BCUT2D eigenvalue weighted by Gasteiger charge is 2.31. The number of piperidine rings is 1. The molecule has 20 heavy (non-hydrogen) atoms. The van der Waals surface area contributed by atoms with Gasteiger partial charge in [0.15, 0.2) is 0 Å². The Kier molecular flexibility index (Phi) is 4.36. The molecule has 0 radical (unpaired) electrons. The number of carbonyl (C=O) groups excluding carboxylic acids is 1. The fourth-order valence-corrected chi connectivity index (χ4v) is 4.01. The van der Waals surface area contributed by atoms with Gasteiger partial charge in [0.2, 0.25) is 15.9 Å². The second kappa shape index (κ2) is 5.71. The monoisotopic (exact) mass is 316 g/mol. The number of rotatable bonds is 3. The summed E-state index contributed by atoms with van der Waals surface area (Å²) in [6.45, 7) is 2.43. The molecule has 0 unspecified atom stereocenters. The van der Waals surface area contributed by atoms with Crippen molar-refractivity contribution in [1.82, 2.24) is 4.31 Å². The Bertz CT molecular complexity index is 623. The minimum Gasteiger partial charge on any atom is -0.369 e. The maximum absolute atomic E-state index is 12.5. The first-order chi connectivity index (χ1) is 9.32. The van der Waals surface area contributed by atoms with Gasteiger partial charge in [-0.3, -0.25) is 4.79 Å². The third-order valence-corrected chi connectivity index (χ3v) is 5.94. The third-order valence-electron chi connectivity index (χ3n) is 3.64. The van der Waals surface area contributed by atoms with Crippen LogP contribution in [0.1, 0.15) is 18.4 Å². The van der Waals surface area contributed by atoms with Gasteiger partial charge in [-0.15, -0.1) is 0 Å². The fourth-order valence-electron chi connectivity index (χ4n) is 2.26. The molecule has 0 atom stereocenters. The second-order valence-corrected chi connectivity index (χ2v) is 7.34. The average molecular weight is 317 g/mol. The van der Waals surface area contributed by atoms with Crippen molar-refractivity contribution in [2.24, 2.45) is 11.7 Å². The maximum Gasteiger partial charge on any atom is 0.243 e. The standard InChI is InChI=1S/C13H17ClN2O3S/c1-9-2-3-11(8-12(9)14)20(18,19)16-6-4-10(5-7-16)13(15)17/h2-3,8,10H,4-7H2,1H3,(H2,15,17). The summed E-state index contributed by atoms with van der Waals surface area (Å²) in [4.78, 5) is 11.3. The Hall–Kier alpha value is -1.11. The number of nitrogens with zero attached hydrogens (tertiary/aromatic N) is 1. The summed E-state index contributed by atoms with van der Waals surface area (Å²) >= 11 is 5.98. The Balaban J connectivity index is 2.19. The number of nitrogens with two attached hydrogens (primary N) is 1. The maximum atomic E-state index is 12.5. The highest BCUT2D eigenvalue weighted by Crippen LogP contribution is 2.26. The molecule has 2 N–H and O–H groups in total. The molecule has 0 bridgehead atoms. The molecule has 1 aliphatic heterocycles. The molecule has 0 spiro atoms. The minimum atomic E-state index is -3.55. The van der Waals surface area contributed by atoms with Crippen LogP contribution in [-0.4, -0.2) is 31.7 Å². The summed E-state index contributed by atoms with van der Waals surface area (Å²) in [6.07, 6.45) is 0.933. The van der Waals surface area contributed by atoms with Crippen molar-refractivity contribution >= 4 is 27.5 Å². The fraction of sp³-hybridized carbons (Fsp3) is 0.462. The number of halogens is 1. The van der Waals surface area contributed by atoms with Crippen LogP contribution in [0.2, 0.25) is 5.02 Å². The van der Waals surface area contributed by atoms with Gasteiger partial charge in [0.05, 0.1) is 4.90 Å². The van der Waals surface area contributed by atoms with E-state index >= 15 is 0 Å². The summed E-state index contributed by atoms with van der Waals surface area (Å²) < 4.78 is 26.3. The SMILES string of the molecule is Cc1ccc(S(=O)(=O)N2CCC(C(N)=O)CC2)cc1Cl. The zero-order chi connectivity index (χ0) is 14.9. The van der Waals surface area contributed by atoms with Crippen LogP contribution in [-0.2, 0) is 14.8 Å². The number of aryl methyl sites for hydroxylation is 1. The molecular formula is C13H17ClN2O3S. The summed E-state index contributed by atoms with van der Waals surface area (Å²) in [6, 6.07) is 4.70. The van der Waals surface area contributed by atoms with Crippen molar-refractivity contribution in [3.63, 3.8) is 0 Å². The molecule has 1 aromatic carbocycles. The Morgan fingerprint density at radius 1 is 1.35 bits per heavy atom. The number of primary amides is 1. The van der Waals surface area contributed by atoms with Crippen LogP contribution in [0.15, 0.2) is 23.1 Å². The van der Waals surface area contributed by atoms with E-state index in [1.807, 2.05) is 6.92 Å². The zero-order valence-electron chi connectivity index (χ0n) is 11.2. The smallest absolute Gasteiger partial charge is 0.243 e. The molecule has 1 heterocycles. The molecule has 2 rings (SSSR count). The molecule has 1 aliphatic rings. The predicted octanol–water partition coefficient (Wildman–Crippen LogP) is 1.53. The number of carbonyl (C=O) groups is 1. The normalized spacial score (nSPS) is 18.1. The van der Waals surface area contributed by atoms with Crippen molar-refractivity contribution in [1.29, 1.82) is 0 Å². The summed E-state index contributed by atoms with van der Waals surface area (Å²) in [5.41, 5.74) is 6.08. The number of amides is 1. The van der Waals surface area contributed by atoms with Crippen molar-refractivity contribution in [2.75, 3.05) is 13.1 Å². The van der Waals surface area contributed by atoms with E-state index in [2.05, 4.69) is 0 Å². The van der Waals surface area contributed by atoms with Crippen molar-refractivity contribution < 1.29 is 13.2 Å². The lowest BCUT2D eigenvalue weighted by atomic mass is 9.98. The quantitative estimate of drug-likeness (QED) is 0.918. The summed E-state index contributed by atoms with van der Waals surface area (Å²) in [5.74, 6) is -0.594. The lowest BCUT2D eigenvalue weighted by Gasteiger charge is -2.29. The van der Waals surface area contributed by atoms with Crippen LogP contribution in [0.25, 0.3) is 0 Å². The van der Waals surface area contributed by atoms with Crippen LogP contribution < -0.4 is 5.73 Å². The van der Waals surface area contributed by atoms with Gasteiger partial charge in [-0.25, -0.2) is 8.42 Å². The van der Waals surface area contributed by atoms with E-state index < -0.39 is 10.0 Å². The Morgan fingerprint density at radius 2 is 1.95 bits per heavy atom. The minimum absolute atomic E-state index is 0.186. The third kappa shape index (κ3) is 2.97. The molecule has 0 aliphatic carbocycles. The number of sulfonamides is 1. The van der Waals surface area contributed by atoms with Gasteiger partial charge in [-0.05, 0) is 37.5 Å². The average Bonchev–Trinajstić information content (AvgIpc) is 2.41. The summed E-state index contributed by atoms with van der Waals surface area (Å²) in [7, 11) is -3.55. The lowest BCUT2D eigenvalue weighted by molar-refractivity contribution is -0.122. The molecule has 1 saturated heterocycles. The van der Waals surface area contributed by atoms with E-state index in [1.165, 1.54) is 10.4 Å². The van der Waals surface area contributed by atoms with Crippen molar-refractivity contribution in [2.45, 2.75) is 24.7 Å². The first kappa shape index (κ1) is 15.3. The topological polar surface area (TPSA) is 80.5 Å². The molecule has 0 saturated carbocycles. The van der Waals surface area contributed by atoms with Crippen molar-refractivity contribution in [3.8, 4) is 0 Å². The van der Waals surface area contributed by atoms with Crippen LogP contribution >= 0.6 is 11.6 Å². The largest absolute Gasteiger partial charge is 0.369 e. The van der Waals surface area contributed by atoms with E-state index in [-0.39, 0.29) is 16.7 Å². The van der Waals surface area contributed by atoms with Gasteiger partial charge < -0.3 is 5.73 Å². The molecule has 7 heteroatoms. The van der Waals surface area contributed by atoms with Gasteiger partial charge in [0.25, 0.3) is 0 Å². The van der Waals surface area contributed by atoms with Gasteiger partial charge in [-0.2, -0.15) is 4.31 Å². The molecule has 1 aromatic rings. The van der Waals surface area contributed by atoms with Crippen LogP contribution in [0.3, 0.4) is 0 Å². The molecule has 1 amide bonds. The number of hydrogen-bond acceptors (Lipinski definition) is 3. The zero-order valence-corrected chi connectivity index (χ0v) is 12.7. The molecule has 5 nitrogen and oxygen atoms in total. The number of benzene rings is 1. The van der Waals surface area contributed by atoms with Crippen molar-refractivity contribution in [3.05, 3.63) is 28.8 Å². The Labute approximate surface area is 123 Å². The first-order valence-electron chi connectivity index (χ1n) is 6.38. The first-order valence-corrected chi connectivity index (χ1v) is 8.20. The van der Waals surface area contributed by atoms with Gasteiger partial charge in [-0.1, -0.05) is 17.7 Å². The van der Waals surface area contributed by atoms with E-state index in [4.69, 9.17) is 17.3 Å². The van der Waals surface area contributed by atoms with E-state index in [0.29, 0.717) is 31.0 Å². The summed E-state index contributed by atoms with van der Waals surface area (Å²) in [5, 5.41) is 0.429. The molecule has 110 valence electrons. The Morgan fingerprint density at radius 3 is 2.45 bits per heavy atom. The molecule has 0 aromatic heterocycles. The predicted molar refractivity (Wildman–Crippen MR) is 76.9 cm³/mol. The highest BCUT2D eigenvalue weighted by atomic mass is 35.5. The van der Waals surface area contributed by atoms with Crippen LogP contribution in [0.4, 0.5) is 0 Å². The van der Waals surface area contributed by atoms with E-state index in [0.717, 1.165) is 5.56 Å². The second-order valence-electron chi connectivity index (χ2n) is 4.99. The van der Waals surface area contributed by atoms with Gasteiger partial charge in [0.1, 0.15) is 0 Å². The molecular weight excluding hydrogens is 300 g/mol. The van der Waals surface area contributed by atoms with Gasteiger partial charge >= 0.3 is 0 Å². The van der Waals surface area contributed by atoms with E-state index in [9.17, 15) is 13.2 Å². The lowest BCUT2D eigenvalue weighted by Crippen LogP contribution is -2.41. The molecule has 1 fully saturated rings. The van der Waals surface area contributed by atoms with Gasteiger partial charge in [0, 0.05) is 24.0 Å². The van der Waals surface area contributed by atoms with Crippen LogP contribution in [0, 0.1) is 12.8 Å². The van der Waals surface area contributed by atoms with E-state index in [1.54, 1.807) is 12.1 Å². The number of hydrogen-bond donors (Lipinski definition) is 1. The van der Waals surface area contributed by atoms with Crippen LogP contribution in [0.5, 0.6) is 0 Å². The highest BCUT2D eigenvalue weighted by molar-refractivity contribution is 7.89.